The second-order valence-electron chi connectivity index (χ2n) is 4.81. The van der Waals surface area contributed by atoms with Crippen LogP contribution in [-0.4, -0.2) is 26.2 Å². The highest BCUT2D eigenvalue weighted by Gasteiger charge is 2.24. The zero-order valence-corrected chi connectivity index (χ0v) is 10.7. The molecule has 4 heteroatoms. The molecule has 0 saturated carbocycles. The zero-order valence-electron chi connectivity index (χ0n) is 10.7. The number of nitrogens with one attached hydrogen (secondary N) is 1. The molecule has 1 aromatic rings. The second kappa shape index (κ2) is 5.48. The molecule has 1 fully saturated rings. The van der Waals surface area contributed by atoms with E-state index in [9.17, 15) is 9.18 Å². The molecule has 1 aliphatic rings. The van der Waals surface area contributed by atoms with Gasteiger partial charge in [-0.25, -0.2) is 9.18 Å². The van der Waals surface area contributed by atoms with Crippen LogP contribution in [0.2, 0.25) is 0 Å². The minimum absolute atomic E-state index is 0.0285. The monoisotopic (exact) mass is 251 g/mol. The molecule has 0 amide bonds. The summed E-state index contributed by atoms with van der Waals surface area (Å²) in [6, 6.07) is 4.76. The Kier molecular flexibility index (Phi) is 3.97. The van der Waals surface area contributed by atoms with Gasteiger partial charge in [0.2, 0.25) is 0 Å². The number of rotatable bonds is 2. The first-order chi connectivity index (χ1) is 8.63. The summed E-state index contributed by atoms with van der Waals surface area (Å²) in [7, 11) is 1.27. The van der Waals surface area contributed by atoms with E-state index in [1.54, 1.807) is 12.1 Å². The fourth-order valence-electron chi connectivity index (χ4n) is 2.55. The summed E-state index contributed by atoms with van der Waals surface area (Å²) in [6.45, 7) is 4.08. The zero-order chi connectivity index (χ0) is 13.1. The standard InChI is InChI=1S/C14H18FNO2/c1-9-8-16-6-5-11(9)10-3-4-13(15)12(7-10)14(17)18-2/h3-4,7,9,11,16H,5-6,8H2,1-2H3/t9-,11-/m1/s1. The smallest absolute Gasteiger partial charge is 0.340 e. The highest BCUT2D eigenvalue weighted by atomic mass is 19.1. The predicted molar refractivity (Wildman–Crippen MR) is 67.1 cm³/mol. The maximum Gasteiger partial charge on any atom is 0.340 e. The van der Waals surface area contributed by atoms with Crippen molar-refractivity contribution < 1.29 is 13.9 Å². The summed E-state index contributed by atoms with van der Waals surface area (Å²) in [4.78, 5) is 11.5. The van der Waals surface area contributed by atoms with Gasteiger partial charge in [-0.3, -0.25) is 0 Å². The molecule has 0 radical (unpaired) electrons. The lowest BCUT2D eigenvalue weighted by Crippen LogP contribution is -2.33. The Bertz CT molecular complexity index is 447. The van der Waals surface area contributed by atoms with Gasteiger partial charge < -0.3 is 10.1 Å². The average Bonchev–Trinajstić information content (AvgIpc) is 2.39. The first-order valence-corrected chi connectivity index (χ1v) is 6.22. The van der Waals surface area contributed by atoms with Gasteiger partial charge in [0.05, 0.1) is 12.7 Å². The average molecular weight is 251 g/mol. The molecule has 0 aliphatic carbocycles. The number of carbonyl (C=O) groups is 1. The second-order valence-corrected chi connectivity index (χ2v) is 4.81. The number of ether oxygens (including phenoxy) is 1. The lowest BCUT2D eigenvalue weighted by atomic mass is 9.82. The van der Waals surface area contributed by atoms with Crippen LogP contribution in [0.25, 0.3) is 0 Å². The fourth-order valence-corrected chi connectivity index (χ4v) is 2.55. The molecule has 0 spiro atoms. The topological polar surface area (TPSA) is 38.3 Å². The number of methoxy groups -OCH3 is 1. The molecular formula is C14H18FNO2. The van der Waals surface area contributed by atoms with Crippen LogP contribution in [0.1, 0.15) is 35.2 Å². The number of hydrogen-bond acceptors (Lipinski definition) is 3. The van der Waals surface area contributed by atoms with E-state index < -0.39 is 11.8 Å². The molecule has 1 aliphatic heterocycles. The number of carbonyl (C=O) groups excluding carboxylic acids is 1. The summed E-state index contributed by atoms with van der Waals surface area (Å²) in [6.07, 6.45) is 1.01. The molecule has 0 bridgehead atoms. The molecule has 1 N–H and O–H groups in total. The Morgan fingerprint density at radius 3 is 2.94 bits per heavy atom. The van der Waals surface area contributed by atoms with Crippen LogP contribution in [0.5, 0.6) is 0 Å². The SMILES string of the molecule is COC(=O)c1cc([C@@H]2CCNC[C@H]2C)ccc1F. The molecule has 2 rings (SSSR count). The van der Waals surface area contributed by atoms with Crippen LogP contribution in [0.3, 0.4) is 0 Å². The third-order valence-electron chi connectivity index (χ3n) is 3.61. The molecule has 1 heterocycles. The van der Waals surface area contributed by atoms with Gasteiger partial charge in [-0.2, -0.15) is 0 Å². The van der Waals surface area contributed by atoms with Gasteiger partial charge in [0, 0.05) is 0 Å². The minimum Gasteiger partial charge on any atom is -0.465 e. The van der Waals surface area contributed by atoms with Crippen LogP contribution in [0.4, 0.5) is 4.39 Å². The van der Waals surface area contributed by atoms with E-state index in [1.807, 2.05) is 0 Å². The first-order valence-electron chi connectivity index (χ1n) is 6.22. The summed E-state index contributed by atoms with van der Waals surface area (Å²) in [5.41, 5.74) is 1.05. The van der Waals surface area contributed by atoms with Gasteiger partial charge in [-0.15, -0.1) is 0 Å². The number of hydrogen-bond donors (Lipinski definition) is 1. The molecule has 18 heavy (non-hydrogen) atoms. The Balaban J connectivity index is 2.31. The van der Waals surface area contributed by atoms with Gasteiger partial charge in [0.1, 0.15) is 5.82 Å². The third kappa shape index (κ3) is 2.53. The fraction of sp³-hybridized carbons (Fsp3) is 0.500. The van der Waals surface area contributed by atoms with Crippen molar-refractivity contribution in [1.29, 1.82) is 0 Å². The number of halogens is 1. The van der Waals surface area contributed by atoms with Gasteiger partial charge in [0.15, 0.2) is 0 Å². The molecule has 0 unspecified atom stereocenters. The normalized spacial score (nSPS) is 23.7. The van der Waals surface area contributed by atoms with Crippen molar-refractivity contribution in [2.24, 2.45) is 5.92 Å². The van der Waals surface area contributed by atoms with E-state index in [-0.39, 0.29) is 5.56 Å². The van der Waals surface area contributed by atoms with Gasteiger partial charge in [-0.1, -0.05) is 13.0 Å². The van der Waals surface area contributed by atoms with Crippen molar-refractivity contribution in [3.05, 3.63) is 35.1 Å². The minimum atomic E-state index is -0.615. The Morgan fingerprint density at radius 2 is 2.28 bits per heavy atom. The molecule has 1 saturated heterocycles. The summed E-state index contributed by atoms with van der Waals surface area (Å²) >= 11 is 0. The van der Waals surface area contributed by atoms with E-state index in [4.69, 9.17) is 0 Å². The van der Waals surface area contributed by atoms with Crippen molar-refractivity contribution in [2.45, 2.75) is 19.3 Å². The Hall–Kier alpha value is -1.42. The van der Waals surface area contributed by atoms with Crippen LogP contribution >= 0.6 is 0 Å². The van der Waals surface area contributed by atoms with Crippen LogP contribution < -0.4 is 5.32 Å². The highest BCUT2D eigenvalue weighted by Crippen LogP contribution is 2.31. The lowest BCUT2D eigenvalue weighted by molar-refractivity contribution is 0.0595. The maximum atomic E-state index is 13.6. The van der Waals surface area contributed by atoms with Gasteiger partial charge in [-0.05, 0) is 49.0 Å². The number of benzene rings is 1. The van der Waals surface area contributed by atoms with Crippen molar-refractivity contribution in [2.75, 3.05) is 20.2 Å². The van der Waals surface area contributed by atoms with E-state index >= 15 is 0 Å². The third-order valence-corrected chi connectivity index (χ3v) is 3.61. The highest BCUT2D eigenvalue weighted by molar-refractivity contribution is 5.89. The first kappa shape index (κ1) is 13.0. The molecule has 0 aromatic heterocycles. The quantitative estimate of drug-likeness (QED) is 0.820. The predicted octanol–water partition coefficient (Wildman–Crippen LogP) is 2.33. The lowest BCUT2D eigenvalue weighted by Gasteiger charge is -2.30. The van der Waals surface area contributed by atoms with Gasteiger partial charge in [0.25, 0.3) is 0 Å². The van der Waals surface area contributed by atoms with E-state index in [0.717, 1.165) is 25.1 Å². The number of esters is 1. The van der Waals surface area contributed by atoms with E-state index in [2.05, 4.69) is 17.0 Å². The Morgan fingerprint density at radius 1 is 1.50 bits per heavy atom. The van der Waals surface area contributed by atoms with E-state index in [0.29, 0.717) is 11.8 Å². The molecule has 3 nitrogen and oxygen atoms in total. The maximum absolute atomic E-state index is 13.6. The summed E-state index contributed by atoms with van der Waals surface area (Å²) in [5, 5.41) is 3.33. The van der Waals surface area contributed by atoms with Crippen molar-refractivity contribution in [3.63, 3.8) is 0 Å². The number of piperidine rings is 1. The Labute approximate surface area is 106 Å². The van der Waals surface area contributed by atoms with Crippen LogP contribution in [0.15, 0.2) is 18.2 Å². The largest absolute Gasteiger partial charge is 0.465 e. The van der Waals surface area contributed by atoms with Crippen molar-refractivity contribution >= 4 is 5.97 Å². The van der Waals surface area contributed by atoms with E-state index in [1.165, 1.54) is 13.2 Å². The summed E-state index contributed by atoms with van der Waals surface area (Å²) < 4.78 is 18.2. The van der Waals surface area contributed by atoms with Crippen molar-refractivity contribution in [3.8, 4) is 0 Å². The molecule has 1 aromatic carbocycles. The summed E-state index contributed by atoms with van der Waals surface area (Å²) in [5.74, 6) is -0.284. The van der Waals surface area contributed by atoms with Gasteiger partial charge >= 0.3 is 5.97 Å². The molecule has 98 valence electrons. The van der Waals surface area contributed by atoms with Crippen molar-refractivity contribution in [1.82, 2.24) is 5.32 Å². The van der Waals surface area contributed by atoms with Crippen LogP contribution in [-0.2, 0) is 4.74 Å². The molecular weight excluding hydrogens is 233 g/mol. The van der Waals surface area contributed by atoms with Crippen LogP contribution in [0, 0.1) is 11.7 Å². The molecule has 2 atom stereocenters.